The SMILES string of the molecule is CCN(C(=O)N[C@H]1CCCc2occc21)[C@H](C)CS(C)(=O)=O. The van der Waals surface area contributed by atoms with E-state index in [1.807, 2.05) is 13.0 Å². The smallest absolute Gasteiger partial charge is 0.318 e. The number of carbonyl (C=O) groups is 1. The highest BCUT2D eigenvalue weighted by molar-refractivity contribution is 7.90. The maximum absolute atomic E-state index is 12.5. The molecule has 1 N–H and O–H groups in total. The standard InChI is InChI=1S/C15H24N2O4S/c1-4-17(11(2)10-22(3,19)20)15(18)16-13-6-5-7-14-12(13)8-9-21-14/h8-9,11,13H,4-7,10H2,1-3H3,(H,16,18)/t11-,13+/m1/s1. The number of nitrogens with one attached hydrogen (secondary N) is 1. The fourth-order valence-corrected chi connectivity index (χ4v) is 4.11. The lowest BCUT2D eigenvalue weighted by Gasteiger charge is -2.31. The topological polar surface area (TPSA) is 79.6 Å². The highest BCUT2D eigenvalue weighted by Gasteiger charge is 2.28. The van der Waals surface area contributed by atoms with Gasteiger partial charge in [-0.1, -0.05) is 0 Å². The van der Waals surface area contributed by atoms with Crippen LogP contribution in [0.2, 0.25) is 0 Å². The Morgan fingerprint density at radius 1 is 1.55 bits per heavy atom. The van der Waals surface area contributed by atoms with Gasteiger partial charge in [0, 0.05) is 30.8 Å². The highest BCUT2D eigenvalue weighted by atomic mass is 32.2. The van der Waals surface area contributed by atoms with E-state index < -0.39 is 9.84 Å². The lowest BCUT2D eigenvalue weighted by molar-refractivity contribution is 0.182. The summed E-state index contributed by atoms with van der Waals surface area (Å²) in [5.41, 5.74) is 1.03. The lowest BCUT2D eigenvalue weighted by Crippen LogP contribution is -2.48. The number of carbonyl (C=O) groups excluding carboxylic acids is 1. The molecule has 0 aromatic carbocycles. The van der Waals surface area contributed by atoms with Crippen molar-refractivity contribution < 1.29 is 17.6 Å². The van der Waals surface area contributed by atoms with Gasteiger partial charge in [0.1, 0.15) is 15.6 Å². The van der Waals surface area contributed by atoms with Crippen LogP contribution in [-0.4, -0.2) is 43.9 Å². The number of urea groups is 1. The quantitative estimate of drug-likeness (QED) is 0.898. The Hall–Kier alpha value is -1.50. The van der Waals surface area contributed by atoms with E-state index in [0.29, 0.717) is 6.54 Å². The Morgan fingerprint density at radius 3 is 2.91 bits per heavy atom. The molecule has 2 amide bonds. The maximum atomic E-state index is 12.5. The van der Waals surface area contributed by atoms with Gasteiger partial charge in [-0.3, -0.25) is 0 Å². The highest BCUT2D eigenvalue weighted by Crippen LogP contribution is 2.30. The zero-order valence-corrected chi connectivity index (χ0v) is 14.1. The third-order valence-corrected chi connectivity index (χ3v) is 5.12. The maximum Gasteiger partial charge on any atom is 0.318 e. The number of amides is 2. The first-order valence-corrected chi connectivity index (χ1v) is 9.69. The molecule has 0 bridgehead atoms. The zero-order chi connectivity index (χ0) is 16.3. The number of fused-ring (bicyclic) bond motifs is 1. The fraction of sp³-hybridized carbons (Fsp3) is 0.667. The van der Waals surface area contributed by atoms with Gasteiger partial charge in [-0.2, -0.15) is 0 Å². The van der Waals surface area contributed by atoms with Crippen LogP contribution in [0.4, 0.5) is 4.79 Å². The van der Waals surface area contributed by atoms with Crippen molar-refractivity contribution in [1.82, 2.24) is 10.2 Å². The van der Waals surface area contributed by atoms with Crippen molar-refractivity contribution in [2.24, 2.45) is 0 Å². The van der Waals surface area contributed by atoms with Gasteiger partial charge in [-0.25, -0.2) is 13.2 Å². The molecule has 1 heterocycles. The van der Waals surface area contributed by atoms with Crippen LogP contribution < -0.4 is 5.32 Å². The first-order chi connectivity index (χ1) is 10.3. The van der Waals surface area contributed by atoms with Crippen molar-refractivity contribution in [3.63, 3.8) is 0 Å². The average Bonchev–Trinajstić information content (AvgIpc) is 2.86. The molecule has 0 fully saturated rings. The van der Waals surface area contributed by atoms with E-state index in [2.05, 4.69) is 5.32 Å². The zero-order valence-electron chi connectivity index (χ0n) is 13.3. The van der Waals surface area contributed by atoms with Crippen LogP contribution in [0.5, 0.6) is 0 Å². The molecular weight excluding hydrogens is 304 g/mol. The molecule has 124 valence electrons. The summed E-state index contributed by atoms with van der Waals surface area (Å²) in [6.07, 6.45) is 5.58. The number of nitrogens with zero attached hydrogens (tertiary/aromatic N) is 1. The summed E-state index contributed by atoms with van der Waals surface area (Å²) in [7, 11) is -3.12. The van der Waals surface area contributed by atoms with Gasteiger partial charge < -0.3 is 14.6 Å². The van der Waals surface area contributed by atoms with Crippen molar-refractivity contribution in [3.8, 4) is 0 Å². The summed E-state index contributed by atoms with van der Waals surface area (Å²) >= 11 is 0. The summed E-state index contributed by atoms with van der Waals surface area (Å²) in [4.78, 5) is 14.1. The normalized spacial score (nSPS) is 19.3. The Kier molecular flexibility index (Phi) is 5.16. The van der Waals surface area contributed by atoms with Crippen LogP contribution in [0.25, 0.3) is 0 Å². The minimum absolute atomic E-state index is 0.0319. The van der Waals surface area contributed by atoms with E-state index in [1.54, 1.807) is 18.1 Å². The van der Waals surface area contributed by atoms with E-state index in [-0.39, 0.29) is 23.9 Å². The van der Waals surface area contributed by atoms with E-state index >= 15 is 0 Å². The van der Waals surface area contributed by atoms with Gasteiger partial charge in [0.2, 0.25) is 0 Å². The Labute approximate surface area is 131 Å². The molecule has 6 nitrogen and oxygen atoms in total. The van der Waals surface area contributed by atoms with E-state index in [1.165, 1.54) is 6.26 Å². The van der Waals surface area contributed by atoms with Crippen LogP contribution in [-0.2, 0) is 16.3 Å². The first-order valence-electron chi connectivity index (χ1n) is 7.63. The first kappa shape index (κ1) is 16.9. The van der Waals surface area contributed by atoms with Gasteiger partial charge in [-0.15, -0.1) is 0 Å². The van der Waals surface area contributed by atoms with Crippen LogP contribution in [0, 0.1) is 0 Å². The largest absolute Gasteiger partial charge is 0.469 e. The Balaban J connectivity index is 2.05. The van der Waals surface area contributed by atoms with Gasteiger partial charge >= 0.3 is 6.03 Å². The predicted molar refractivity (Wildman–Crippen MR) is 84.5 cm³/mol. The summed E-state index contributed by atoms with van der Waals surface area (Å²) < 4.78 is 28.3. The van der Waals surface area contributed by atoms with Crippen molar-refractivity contribution in [2.45, 2.75) is 45.2 Å². The second-order valence-corrected chi connectivity index (χ2v) is 8.11. The number of rotatable bonds is 5. The minimum Gasteiger partial charge on any atom is -0.469 e. The molecule has 22 heavy (non-hydrogen) atoms. The second-order valence-electron chi connectivity index (χ2n) is 5.92. The van der Waals surface area contributed by atoms with Crippen molar-refractivity contribution in [1.29, 1.82) is 0 Å². The molecule has 0 saturated heterocycles. The van der Waals surface area contributed by atoms with Crippen LogP contribution in [0.3, 0.4) is 0 Å². The number of hydrogen-bond acceptors (Lipinski definition) is 4. The Bertz CT molecular complexity index is 623. The molecule has 0 saturated carbocycles. The van der Waals surface area contributed by atoms with Crippen LogP contribution in [0.1, 0.15) is 44.1 Å². The fourth-order valence-electron chi connectivity index (χ4n) is 3.05. The monoisotopic (exact) mass is 328 g/mol. The molecule has 2 rings (SSSR count). The molecule has 1 aliphatic rings. The number of hydrogen-bond donors (Lipinski definition) is 1. The molecule has 0 spiro atoms. The van der Waals surface area contributed by atoms with Gasteiger partial charge in [0.05, 0.1) is 18.1 Å². The van der Waals surface area contributed by atoms with E-state index in [4.69, 9.17) is 4.42 Å². The summed E-state index contributed by atoms with van der Waals surface area (Å²) in [6, 6.07) is 1.26. The second kappa shape index (κ2) is 6.73. The summed E-state index contributed by atoms with van der Waals surface area (Å²) in [6.45, 7) is 4.07. The van der Waals surface area contributed by atoms with Crippen molar-refractivity contribution >= 4 is 15.9 Å². The van der Waals surface area contributed by atoms with Gasteiger partial charge in [-0.05, 0) is 32.8 Å². The molecule has 0 aliphatic heterocycles. The average molecular weight is 328 g/mol. The summed E-state index contributed by atoms with van der Waals surface area (Å²) in [5, 5.41) is 3.01. The molecule has 0 unspecified atom stereocenters. The van der Waals surface area contributed by atoms with Crippen LogP contribution in [0.15, 0.2) is 16.7 Å². The molecule has 1 aromatic heterocycles. The third-order valence-electron chi connectivity index (χ3n) is 4.03. The molecule has 2 atom stereocenters. The van der Waals surface area contributed by atoms with Gasteiger partial charge in [0.15, 0.2) is 0 Å². The molecule has 0 radical (unpaired) electrons. The van der Waals surface area contributed by atoms with Crippen LogP contribution >= 0.6 is 0 Å². The molecule has 7 heteroatoms. The third kappa shape index (κ3) is 4.03. The minimum atomic E-state index is -3.12. The Morgan fingerprint density at radius 2 is 2.27 bits per heavy atom. The number of aryl methyl sites for hydroxylation is 1. The molecular formula is C15H24N2O4S. The number of sulfone groups is 1. The summed E-state index contributed by atoms with van der Waals surface area (Å²) in [5.74, 6) is 0.902. The number of furan rings is 1. The lowest BCUT2D eigenvalue weighted by atomic mass is 9.93. The van der Waals surface area contributed by atoms with E-state index in [0.717, 1.165) is 30.6 Å². The van der Waals surface area contributed by atoms with Crippen molar-refractivity contribution in [3.05, 3.63) is 23.7 Å². The predicted octanol–water partition coefficient (Wildman–Crippen LogP) is 2.12. The molecule has 1 aliphatic carbocycles. The van der Waals surface area contributed by atoms with Crippen molar-refractivity contribution in [2.75, 3.05) is 18.6 Å². The van der Waals surface area contributed by atoms with E-state index in [9.17, 15) is 13.2 Å². The molecule has 1 aromatic rings. The van der Waals surface area contributed by atoms with Gasteiger partial charge in [0.25, 0.3) is 0 Å².